The van der Waals surface area contributed by atoms with Crippen LogP contribution in [-0.2, 0) is 17.8 Å². The molecule has 0 aliphatic heterocycles. The summed E-state index contributed by atoms with van der Waals surface area (Å²) in [5.74, 6) is 0.149. The third-order valence-corrected chi connectivity index (χ3v) is 3.79. The van der Waals surface area contributed by atoms with Gasteiger partial charge in [-0.1, -0.05) is 24.3 Å². The Bertz CT molecular complexity index is 964. The van der Waals surface area contributed by atoms with E-state index in [1.807, 2.05) is 6.92 Å². The molecule has 1 amide bonds. The highest BCUT2D eigenvalue weighted by Gasteiger charge is 2.10. The minimum absolute atomic E-state index is 0.136. The predicted octanol–water partition coefficient (Wildman–Crippen LogP) is 1.81. The van der Waals surface area contributed by atoms with Crippen molar-refractivity contribution in [2.45, 2.75) is 19.9 Å². The number of para-hydroxylation sites is 1. The van der Waals surface area contributed by atoms with Crippen LogP contribution in [0.2, 0.25) is 0 Å². The number of amides is 1. The summed E-state index contributed by atoms with van der Waals surface area (Å²) in [7, 11) is 0. The number of fused-ring (bicyclic) bond motifs is 1. The van der Waals surface area contributed by atoms with Gasteiger partial charge in [0.05, 0.1) is 17.3 Å². The van der Waals surface area contributed by atoms with Gasteiger partial charge >= 0.3 is 0 Å². The zero-order valence-corrected chi connectivity index (χ0v) is 13.7. The largest absolute Gasteiger partial charge is 0.508 e. The van der Waals surface area contributed by atoms with Crippen LogP contribution in [0.5, 0.6) is 5.75 Å². The molecule has 3 N–H and O–H groups in total. The maximum atomic E-state index is 12.5. The summed E-state index contributed by atoms with van der Waals surface area (Å²) in [6.07, 6.45) is 0.136. The number of hydrogen-bond donors (Lipinski definition) is 3. The molecule has 3 aromatic rings. The molecule has 0 fully saturated rings. The molecule has 7 nitrogen and oxygen atoms in total. The Balaban J connectivity index is 1.77. The average Bonchev–Trinajstić information content (AvgIpc) is 2.62. The quantitative estimate of drug-likeness (QED) is 0.617. The first-order valence-corrected chi connectivity index (χ1v) is 7.91. The Morgan fingerprint density at radius 3 is 2.60 bits per heavy atom. The van der Waals surface area contributed by atoms with Gasteiger partial charge in [-0.3, -0.25) is 25.0 Å². The minimum Gasteiger partial charge on any atom is -0.508 e. The topological polar surface area (TPSA) is 96.2 Å². The fourth-order valence-electron chi connectivity index (χ4n) is 2.53. The fourth-order valence-corrected chi connectivity index (χ4v) is 2.53. The molecular weight excluding hydrogens is 320 g/mol. The molecule has 0 spiro atoms. The Kier molecular flexibility index (Phi) is 4.65. The normalized spacial score (nSPS) is 10.6. The molecule has 2 aromatic carbocycles. The van der Waals surface area contributed by atoms with Crippen LogP contribution < -0.4 is 16.4 Å². The van der Waals surface area contributed by atoms with Crippen LogP contribution in [-0.4, -0.2) is 20.6 Å². The van der Waals surface area contributed by atoms with E-state index in [1.165, 1.54) is 16.7 Å². The van der Waals surface area contributed by atoms with Gasteiger partial charge in [-0.05, 0) is 36.8 Å². The molecule has 0 atom stereocenters. The van der Waals surface area contributed by atoms with Crippen molar-refractivity contribution >= 4 is 22.8 Å². The molecule has 0 saturated heterocycles. The van der Waals surface area contributed by atoms with Gasteiger partial charge in [0.25, 0.3) is 5.56 Å². The third kappa shape index (κ3) is 3.60. The summed E-state index contributed by atoms with van der Waals surface area (Å²) in [6, 6.07) is 13.5. The Labute approximate surface area is 143 Å². The van der Waals surface area contributed by atoms with E-state index >= 15 is 0 Å². The fraction of sp³-hybridized carbons (Fsp3) is 0.167. The van der Waals surface area contributed by atoms with Crippen LogP contribution >= 0.6 is 0 Å². The number of phenolic OH excluding ortho intramolecular Hbond substituents is 1. The summed E-state index contributed by atoms with van der Waals surface area (Å²) < 4.78 is 1.46. The number of aromatic hydroxyl groups is 1. The van der Waals surface area contributed by atoms with E-state index in [4.69, 9.17) is 0 Å². The van der Waals surface area contributed by atoms with Crippen molar-refractivity contribution in [1.29, 1.82) is 0 Å². The lowest BCUT2D eigenvalue weighted by Crippen LogP contribution is -2.35. The van der Waals surface area contributed by atoms with E-state index in [9.17, 15) is 14.7 Å². The minimum atomic E-state index is -0.282. The third-order valence-electron chi connectivity index (χ3n) is 3.79. The van der Waals surface area contributed by atoms with E-state index in [0.29, 0.717) is 17.4 Å². The molecule has 1 aromatic heterocycles. The standard InChI is InChI=1S/C18H18N4O3/c1-2-22-17(25)14-5-3-4-6-15(14)19-18(22)21-20-16(24)11-12-7-9-13(23)10-8-12/h3-10,23H,2,11H2,1H3,(H,19,21)(H,20,24). The molecular formula is C18H18N4O3. The van der Waals surface area contributed by atoms with Crippen LogP contribution in [0.25, 0.3) is 10.9 Å². The number of aromatic nitrogens is 2. The summed E-state index contributed by atoms with van der Waals surface area (Å²) in [5.41, 5.74) is 6.45. The van der Waals surface area contributed by atoms with Crippen LogP contribution in [0.15, 0.2) is 53.3 Å². The molecule has 1 heterocycles. The summed E-state index contributed by atoms with van der Waals surface area (Å²) >= 11 is 0. The second-order valence-corrected chi connectivity index (χ2v) is 5.52. The molecule has 3 rings (SSSR count). The lowest BCUT2D eigenvalue weighted by molar-refractivity contribution is -0.119. The van der Waals surface area contributed by atoms with Crippen LogP contribution in [0.3, 0.4) is 0 Å². The number of phenols is 1. The highest BCUT2D eigenvalue weighted by atomic mass is 16.3. The predicted molar refractivity (Wildman–Crippen MR) is 95.3 cm³/mol. The lowest BCUT2D eigenvalue weighted by Gasteiger charge is -2.14. The van der Waals surface area contributed by atoms with E-state index in [2.05, 4.69) is 15.8 Å². The van der Waals surface area contributed by atoms with Crippen molar-refractivity contribution in [2.24, 2.45) is 0 Å². The summed E-state index contributed by atoms with van der Waals surface area (Å²) in [5, 5.41) is 9.79. The molecule has 25 heavy (non-hydrogen) atoms. The van der Waals surface area contributed by atoms with Crippen molar-refractivity contribution in [3.8, 4) is 5.75 Å². The second-order valence-electron chi connectivity index (χ2n) is 5.52. The van der Waals surface area contributed by atoms with Gasteiger partial charge in [-0.15, -0.1) is 0 Å². The Morgan fingerprint density at radius 1 is 1.16 bits per heavy atom. The molecule has 0 aliphatic carbocycles. The van der Waals surface area contributed by atoms with Crippen LogP contribution in [0, 0.1) is 0 Å². The maximum absolute atomic E-state index is 12.5. The number of carbonyl (C=O) groups is 1. The van der Waals surface area contributed by atoms with Crippen molar-refractivity contribution < 1.29 is 9.90 Å². The van der Waals surface area contributed by atoms with Gasteiger partial charge in [0.2, 0.25) is 11.9 Å². The first-order valence-electron chi connectivity index (χ1n) is 7.91. The van der Waals surface area contributed by atoms with Gasteiger partial charge in [0, 0.05) is 6.54 Å². The number of hydrogen-bond acceptors (Lipinski definition) is 5. The van der Waals surface area contributed by atoms with E-state index in [-0.39, 0.29) is 29.6 Å². The number of hydrazine groups is 1. The molecule has 7 heteroatoms. The number of benzene rings is 2. The van der Waals surface area contributed by atoms with Crippen molar-refractivity contribution in [3.05, 3.63) is 64.4 Å². The van der Waals surface area contributed by atoms with Gasteiger partial charge in [0.1, 0.15) is 5.75 Å². The number of nitrogens with one attached hydrogen (secondary N) is 2. The number of anilines is 1. The number of carbonyl (C=O) groups excluding carboxylic acids is 1. The smallest absolute Gasteiger partial charge is 0.262 e. The van der Waals surface area contributed by atoms with Gasteiger partial charge < -0.3 is 5.11 Å². The number of rotatable bonds is 5. The molecule has 0 radical (unpaired) electrons. The Hall–Kier alpha value is -3.35. The summed E-state index contributed by atoms with van der Waals surface area (Å²) in [6.45, 7) is 2.26. The number of nitrogens with zero attached hydrogens (tertiary/aromatic N) is 2. The molecule has 128 valence electrons. The van der Waals surface area contributed by atoms with E-state index in [1.54, 1.807) is 36.4 Å². The molecule has 0 saturated carbocycles. The first-order chi connectivity index (χ1) is 12.1. The highest BCUT2D eigenvalue weighted by molar-refractivity contribution is 5.81. The highest BCUT2D eigenvalue weighted by Crippen LogP contribution is 2.11. The SMILES string of the molecule is CCn1c(NNC(=O)Cc2ccc(O)cc2)nc2ccccc2c1=O. The Morgan fingerprint density at radius 2 is 1.88 bits per heavy atom. The molecule has 0 aliphatic rings. The first kappa shape index (κ1) is 16.5. The van der Waals surface area contributed by atoms with Gasteiger partial charge in [-0.25, -0.2) is 4.98 Å². The van der Waals surface area contributed by atoms with E-state index in [0.717, 1.165) is 5.56 Å². The van der Waals surface area contributed by atoms with Crippen molar-refractivity contribution in [1.82, 2.24) is 15.0 Å². The average molecular weight is 338 g/mol. The zero-order chi connectivity index (χ0) is 17.8. The second kappa shape index (κ2) is 7.04. The van der Waals surface area contributed by atoms with Crippen molar-refractivity contribution in [2.75, 3.05) is 5.43 Å². The van der Waals surface area contributed by atoms with Crippen LogP contribution in [0.4, 0.5) is 5.95 Å². The van der Waals surface area contributed by atoms with E-state index < -0.39 is 0 Å². The maximum Gasteiger partial charge on any atom is 0.262 e. The van der Waals surface area contributed by atoms with Crippen molar-refractivity contribution in [3.63, 3.8) is 0 Å². The monoisotopic (exact) mass is 338 g/mol. The zero-order valence-electron chi connectivity index (χ0n) is 13.7. The van der Waals surface area contributed by atoms with Crippen LogP contribution in [0.1, 0.15) is 12.5 Å². The van der Waals surface area contributed by atoms with Gasteiger partial charge in [0.15, 0.2) is 0 Å². The summed E-state index contributed by atoms with van der Waals surface area (Å²) in [4.78, 5) is 29.0. The van der Waals surface area contributed by atoms with Gasteiger partial charge in [-0.2, -0.15) is 0 Å². The lowest BCUT2D eigenvalue weighted by atomic mass is 10.1. The molecule has 0 unspecified atom stereocenters. The molecule has 0 bridgehead atoms.